The lowest BCUT2D eigenvalue weighted by atomic mass is 9.61. The fourth-order valence-electron chi connectivity index (χ4n) is 4.14. The number of likely N-dealkylation sites (tertiary alicyclic amines) is 1. The number of anilines is 1. The molecule has 12 heteroatoms. The van der Waals surface area contributed by atoms with Gasteiger partial charge in [-0.3, -0.25) is 14.6 Å². The number of halogens is 1. The minimum Gasteiger partial charge on any atom is -0.398 e. The largest absolute Gasteiger partial charge is 0.398 e. The summed E-state index contributed by atoms with van der Waals surface area (Å²) in [7, 11) is 14.3. The van der Waals surface area contributed by atoms with Crippen molar-refractivity contribution in [1.29, 1.82) is 0 Å². The van der Waals surface area contributed by atoms with Gasteiger partial charge < -0.3 is 26.3 Å². The highest BCUT2D eigenvalue weighted by Crippen LogP contribution is 2.33. The number of amidine groups is 1. The second-order valence-corrected chi connectivity index (χ2v) is 10.4. The van der Waals surface area contributed by atoms with Crippen molar-refractivity contribution in [2.45, 2.75) is 44.5 Å². The Morgan fingerprint density at radius 1 is 1.31 bits per heavy atom. The lowest BCUT2D eigenvalue weighted by Gasteiger charge is -2.38. The zero-order valence-electron chi connectivity index (χ0n) is 21.2. The Morgan fingerprint density at radius 3 is 2.47 bits per heavy atom. The molecule has 36 heavy (non-hydrogen) atoms. The molecule has 0 atom stereocenters. The summed E-state index contributed by atoms with van der Waals surface area (Å²) in [5.41, 5.74) is 14.5. The van der Waals surface area contributed by atoms with Crippen molar-refractivity contribution in [2.24, 2.45) is 17.8 Å². The molecule has 1 aliphatic rings. The topological polar surface area (TPSA) is 132 Å². The van der Waals surface area contributed by atoms with Crippen LogP contribution < -0.4 is 16.8 Å². The first-order valence-corrected chi connectivity index (χ1v) is 11.7. The molecule has 9 nitrogen and oxygen atoms in total. The number of nitrogens with zero attached hydrogens (tertiary/aromatic N) is 4. The van der Waals surface area contributed by atoms with Crippen LogP contribution in [0.5, 0.6) is 0 Å². The molecule has 0 bridgehead atoms. The minimum atomic E-state index is -1.86. The number of rotatable bonds is 6. The number of carbonyl (C=O) groups excluding carboxylic acids is 2. The molecular formula is C24H30B2ClN7O2. The Labute approximate surface area is 219 Å². The van der Waals surface area contributed by atoms with Crippen LogP contribution in [-0.2, 0) is 22.6 Å². The summed E-state index contributed by atoms with van der Waals surface area (Å²) in [5.74, 6) is -0.405. The lowest BCUT2D eigenvalue weighted by Crippen LogP contribution is -2.60. The summed E-state index contributed by atoms with van der Waals surface area (Å²) in [5, 5.41) is 1.54. The van der Waals surface area contributed by atoms with Gasteiger partial charge in [-0.1, -0.05) is 39.0 Å². The van der Waals surface area contributed by atoms with E-state index in [2.05, 4.69) is 21.9 Å². The molecule has 1 fully saturated rings. The fraction of sp³-hybridized carbons (Fsp3) is 0.417. The number of nitrogens with two attached hydrogens (primary N) is 2. The molecule has 0 unspecified atom stereocenters. The molecule has 1 aliphatic heterocycles. The molecule has 5 N–H and O–H groups in total. The summed E-state index contributed by atoms with van der Waals surface area (Å²) in [4.78, 5) is 34.9. The van der Waals surface area contributed by atoms with E-state index in [9.17, 15) is 9.59 Å². The molecule has 3 rings (SSSR count). The number of hydrogen-bond acceptors (Lipinski definition) is 5. The highest BCUT2D eigenvalue weighted by Gasteiger charge is 2.33. The SMILES string of the molecule is [B]C([B])(N=C(N)c1cc(C(C)(C)C)c(Cl)cc1N)c1nc(C)c(C(=O)NC2CN(C(=O)C=C)C2)n1C. The second kappa shape index (κ2) is 9.69. The molecule has 4 radical (unpaired) electrons. The molecular weight excluding hydrogens is 475 g/mol. The van der Waals surface area contributed by atoms with E-state index in [1.165, 1.54) is 10.6 Å². The van der Waals surface area contributed by atoms with Crippen LogP contribution in [0.4, 0.5) is 5.69 Å². The maximum absolute atomic E-state index is 13.0. The quantitative estimate of drug-likeness (QED) is 0.179. The predicted molar refractivity (Wildman–Crippen MR) is 144 cm³/mol. The van der Waals surface area contributed by atoms with Gasteiger partial charge in [0.05, 0.1) is 11.7 Å². The van der Waals surface area contributed by atoms with Gasteiger partial charge in [-0.15, -0.1) is 0 Å². The molecule has 1 aromatic heterocycles. The van der Waals surface area contributed by atoms with Crippen molar-refractivity contribution in [3.63, 3.8) is 0 Å². The third-order valence-electron chi connectivity index (χ3n) is 6.07. The van der Waals surface area contributed by atoms with E-state index < -0.39 is 5.34 Å². The number of hydrogen-bond donors (Lipinski definition) is 3. The minimum absolute atomic E-state index is 0.00719. The van der Waals surface area contributed by atoms with E-state index in [0.717, 1.165) is 5.56 Å². The van der Waals surface area contributed by atoms with Crippen molar-refractivity contribution in [3.8, 4) is 0 Å². The van der Waals surface area contributed by atoms with Gasteiger partial charge in [0.1, 0.15) is 33.0 Å². The standard InChI is InChI=1S/C24H30B2ClN7O2/c1-7-18(35)34-10-13(11-34)31-21(36)19-12(2)30-22(33(19)6)24(25,26)32-20(29)14-8-15(23(3,4)5)16(27)9-17(14)28/h7-9,13H,1,10-11,28H2,2-6H3,(H2,29,32)(H,31,36). The first-order chi connectivity index (χ1) is 16.6. The number of aliphatic imine (C=N–C) groups is 1. The van der Waals surface area contributed by atoms with E-state index in [4.69, 9.17) is 38.8 Å². The number of amides is 2. The van der Waals surface area contributed by atoms with Gasteiger partial charge in [0.25, 0.3) is 5.91 Å². The van der Waals surface area contributed by atoms with Gasteiger partial charge in [0, 0.05) is 41.7 Å². The maximum atomic E-state index is 13.0. The summed E-state index contributed by atoms with van der Waals surface area (Å²) in [6.45, 7) is 12.0. The van der Waals surface area contributed by atoms with Gasteiger partial charge in [0.15, 0.2) is 0 Å². The molecule has 2 amide bonds. The predicted octanol–water partition coefficient (Wildman–Crippen LogP) is 1.24. The Kier molecular flexibility index (Phi) is 7.37. The molecule has 1 aromatic carbocycles. The van der Waals surface area contributed by atoms with E-state index in [0.29, 0.717) is 35.1 Å². The fourth-order valence-corrected chi connectivity index (χ4v) is 4.59. The average molecular weight is 506 g/mol. The average Bonchev–Trinajstić information content (AvgIpc) is 3.03. The molecule has 186 valence electrons. The number of nitrogens with one attached hydrogen (secondary N) is 1. The van der Waals surface area contributed by atoms with Gasteiger partial charge in [0.2, 0.25) is 5.91 Å². The second-order valence-electron chi connectivity index (χ2n) is 10.0. The lowest BCUT2D eigenvalue weighted by molar-refractivity contribution is -0.130. The number of aryl methyl sites for hydroxylation is 1. The molecule has 0 aliphatic carbocycles. The third kappa shape index (κ3) is 5.31. The van der Waals surface area contributed by atoms with Crippen LogP contribution in [-0.4, -0.2) is 66.9 Å². The van der Waals surface area contributed by atoms with Crippen molar-refractivity contribution < 1.29 is 9.59 Å². The van der Waals surface area contributed by atoms with Gasteiger partial charge in [-0.05, 0) is 36.1 Å². The Balaban J connectivity index is 1.88. The normalized spacial score (nSPS) is 14.9. The highest BCUT2D eigenvalue weighted by atomic mass is 35.5. The Hall–Kier alpha value is -3.20. The Bertz CT molecular complexity index is 1260. The zero-order chi connectivity index (χ0) is 27.2. The van der Waals surface area contributed by atoms with Gasteiger partial charge in [-0.25, -0.2) is 4.98 Å². The van der Waals surface area contributed by atoms with E-state index in [1.54, 1.807) is 31.0 Å². The molecule has 0 saturated carbocycles. The van der Waals surface area contributed by atoms with Crippen LogP contribution in [0.15, 0.2) is 29.8 Å². The zero-order valence-corrected chi connectivity index (χ0v) is 22.0. The van der Waals surface area contributed by atoms with Crippen LogP contribution in [0.1, 0.15) is 53.9 Å². The highest BCUT2D eigenvalue weighted by molar-refractivity contribution is 6.40. The summed E-state index contributed by atoms with van der Waals surface area (Å²) in [6.07, 6.45) is 1.24. The van der Waals surface area contributed by atoms with Crippen LogP contribution in [0.3, 0.4) is 0 Å². The van der Waals surface area contributed by atoms with Crippen LogP contribution in [0.2, 0.25) is 5.02 Å². The number of carbonyl (C=O) groups is 2. The number of benzene rings is 1. The number of aromatic nitrogens is 2. The van der Waals surface area contributed by atoms with Crippen molar-refractivity contribution in [1.82, 2.24) is 19.8 Å². The monoisotopic (exact) mass is 505 g/mol. The van der Waals surface area contributed by atoms with Crippen molar-refractivity contribution in [2.75, 3.05) is 18.8 Å². The van der Waals surface area contributed by atoms with E-state index >= 15 is 0 Å². The molecule has 0 spiro atoms. The summed E-state index contributed by atoms with van der Waals surface area (Å²) < 4.78 is 1.48. The van der Waals surface area contributed by atoms with E-state index in [1.807, 2.05) is 20.8 Å². The molecule has 2 heterocycles. The molecule has 1 saturated heterocycles. The third-order valence-corrected chi connectivity index (χ3v) is 6.39. The van der Waals surface area contributed by atoms with E-state index in [-0.39, 0.29) is 40.6 Å². The smallest absolute Gasteiger partial charge is 0.270 e. The number of nitrogen functional groups attached to an aromatic ring is 1. The maximum Gasteiger partial charge on any atom is 0.270 e. The van der Waals surface area contributed by atoms with Gasteiger partial charge >= 0.3 is 0 Å². The van der Waals surface area contributed by atoms with Crippen LogP contribution >= 0.6 is 11.6 Å². The van der Waals surface area contributed by atoms with Crippen molar-refractivity contribution >= 4 is 50.6 Å². The molecule has 2 aromatic rings. The van der Waals surface area contributed by atoms with Crippen molar-refractivity contribution in [3.05, 3.63) is 58.1 Å². The van der Waals surface area contributed by atoms with Crippen LogP contribution in [0.25, 0.3) is 0 Å². The van der Waals surface area contributed by atoms with Crippen LogP contribution in [0, 0.1) is 6.92 Å². The summed E-state index contributed by atoms with van der Waals surface area (Å²) in [6, 6.07) is 3.21. The first kappa shape index (κ1) is 27.4. The van der Waals surface area contributed by atoms with Gasteiger partial charge in [-0.2, -0.15) is 0 Å². The Morgan fingerprint density at radius 2 is 1.92 bits per heavy atom. The summed E-state index contributed by atoms with van der Waals surface area (Å²) >= 11 is 6.39. The number of imidazole rings is 1. The first-order valence-electron chi connectivity index (χ1n) is 11.4.